The first kappa shape index (κ1) is 25.4. The predicted molar refractivity (Wildman–Crippen MR) is 146 cm³/mol. The number of aromatic hydroxyl groups is 1. The van der Waals surface area contributed by atoms with Crippen molar-refractivity contribution in [1.29, 1.82) is 0 Å². The summed E-state index contributed by atoms with van der Waals surface area (Å²) in [6.45, 7) is 2.87. The first-order chi connectivity index (χ1) is 18.6. The molecular weight excluding hydrogens is 480 g/mol. The lowest BCUT2D eigenvalue weighted by Crippen LogP contribution is -2.26. The highest BCUT2D eigenvalue weighted by atomic mass is 16.4. The van der Waals surface area contributed by atoms with Gasteiger partial charge in [-0.2, -0.15) is 5.10 Å². The molecule has 2 N–H and O–H groups in total. The maximum Gasteiger partial charge on any atom is 0.343 e. The van der Waals surface area contributed by atoms with Gasteiger partial charge in [0.05, 0.1) is 10.9 Å². The van der Waals surface area contributed by atoms with Crippen LogP contribution in [0.3, 0.4) is 0 Å². The lowest BCUT2D eigenvalue weighted by atomic mass is 9.86. The van der Waals surface area contributed by atoms with Crippen LogP contribution >= 0.6 is 0 Å². The molecule has 0 radical (unpaired) electrons. The second-order valence-corrected chi connectivity index (χ2v) is 9.47. The monoisotopic (exact) mass is 510 g/mol. The van der Waals surface area contributed by atoms with Crippen molar-refractivity contribution in [3.8, 4) is 5.75 Å². The largest absolute Gasteiger partial charge is 0.507 e. The van der Waals surface area contributed by atoms with Gasteiger partial charge in [-0.15, -0.1) is 0 Å². The minimum Gasteiger partial charge on any atom is -0.507 e. The van der Waals surface area contributed by atoms with Crippen LogP contribution in [0.25, 0.3) is 11.0 Å². The summed E-state index contributed by atoms with van der Waals surface area (Å²) < 4.78 is 5.62. The summed E-state index contributed by atoms with van der Waals surface area (Å²) in [5.74, 6) is -0.951. The van der Waals surface area contributed by atoms with Crippen LogP contribution in [0, 0.1) is 0 Å². The Labute approximate surface area is 220 Å². The van der Waals surface area contributed by atoms with Gasteiger partial charge in [0.25, 0.3) is 5.91 Å². The van der Waals surface area contributed by atoms with E-state index < -0.39 is 11.5 Å². The summed E-state index contributed by atoms with van der Waals surface area (Å²) >= 11 is 0. The van der Waals surface area contributed by atoms with Gasteiger partial charge >= 0.3 is 5.63 Å². The Balaban J connectivity index is 1.51. The Hall–Kier alpha value is -4.30. The number of rotatable bonds is 9. The number of para-hydroxylation sites is 1. The smallest absolute Gasteiger partial charge is 0.343 e. The first-order valence-electron chi connectivity index (χ1n) is 12.9. The quantitative estimate of drug-likeness (QED) is 0.192. The fourth-order valence-electron chi connectivity index (χ4n) is 4.96. The lowest BCUT2D eigenvalue weighted by Gasteiger charge is -2.21. The zero-order chi connectivity index (χ0) is 26.3. The molecule has 0 saturated carbocycles. The molecule has 1 saturated heterocycles. The minimum absolute atomic E-state index is 0.0922. The van der Waals surface area contributed by atoms with Crippen LogP contribution in [0.5, 0.6) is 5.75 Å². The summed E-state index contributed by atoms with van der Waals surface area (Å²) in [6.07, 6.45) is 6.39. The number of amides is 1. The van der Waals surface area contributed by atoms with Crippen molar-refractivity contribution >= 4 is 22.6 Å². The van der Waals surface area contributed by atoms with Gasteiger partial charge in [0, 0.05) is 42.6 Å². The number of hydrogen-bond donors (Lipinski definition) is 2. The van der Waals surface area contributed by atoms with E-state index in [1.807, 2.05) is 30.3 Å². The van der Waals surface area contributed by atoms with E-state index in [-0.39, 0.29) is 17.2 Å². The highest BCUT2D eigenvalue weighted by Gasteiger charge is 2.27. The first-order valence-corrected chi connectivity index (χ1v) is 12.9. The number of likely N-dealkylation sites (tertiary alicyclic amines) is 1. The van der Waals surface area contributed by atoms with Crippen LogP contribution in [-0.4, -0.2) is 46.2 Å². The molecule has 0 unspecified atom stereocenters. The summed E-state index contributed by atoms with van der Waals surface area (Å²) in [6, 6.07) is 19.7. The molecule has 8 heteroatoms. The molecule has 2 aromatic carbocycles. The van der Waals surface area contributed by atoms with E-state index >= 15 is 0 Å². The second-order valence-electron chi connectivity index (χ2n) is 9.47. The molecule has 3 heterocycles. The average Bonchev–Trinajstić information content (AvgIpc) is 3.48. The van der Waals surface area contributed by atoms with E-state index in [1.165, 1.54) is 12.8 Å². The highest BCUT2D eigenvalue weighted by Crippen LogP contribution is 2.36. The molecular formula is C30H30N4O4. The van der Waals surface area contributed by atoms with Crippen molar-refractivity contribution in [2.75, 3.05) is 19.6 Å². The van der Waals surface area contributed by atoms with E-state index in [0.717, 1.165) is 30.9 Å². The van der Waals surface area contributed by atoms with Crippen LogP contribution < -0.4 is 11.1 Å². The van der Waals surface area contributed by atoms with Gasteiger partial charge in [0.2, 0.25) is 0 Å². The van der Waals surface area contributed by atoms with Gasteiger partial charge < -0.3 is 14.4 Å². The van der Waals surface area contributed by atoms with E-state index in [9.17, 15) is 14.7 Å². The van der Waals surface area contributed by atoms with E-state index in [1.54, 1.807) is 48.8 Å². The fourth-order valence-corrected chi connectivity index (χ4v) is 4.96. The zero-order valence-electron chi connectivity index (χ0n) is 21.0. The van der Waals surface area contributed by atoms with Crippen LogP contribution in [0.4, 0.5) is 0 Å². The summed E-state index contributed by atoms with van der Waals surface area (Å²) in [4.78, 5) is 32.3. The number of hydrogen-bond acceptors (Lipinski definition) is 7. The maximum absolute atomic E-state index is 13.2. The topological polar surface area (TPSA) is 108 Å². The van der Waals surface area contributed by atoms with Crippen LogP contribution in [0.15, 0.2) is 93.4 Å². The Morgan fingerprint density at radius 1 is 1.03 bits per heavy atom. The number of nitrogens with one attached hydrogen (secondary N) is 1. The predicted octanol–water partition coefficient (Wildman–Crippen LogP) is 4.69. The van der Waals surface area contributed by atoms with Crippen LogP contribution in [0.1, 0.15) is 53.1 Å². The molecule has 0 aliphatic carbocycles. The highest BCUT2D eigenvalue weighted by molar-refractivity contribution is 5.95. The number of fused-ring (bicyclic) bond motifs is 1. The van der Waals surface area contributed by atoms with E-state index in [0.29, 0.717) is 29.4 Å². The normalized spacial score (nSPS) is 15.0. The standard InChI is InChI=1S/C30H30N4O4/c35-28-24-10-4-5-11-26(24)38-30(37)27(28)25(21-8-2-1-3-9-21)20-23(14-19-34-17-6-7-18-34)32-33-29(36)22-12-15-31-16-13-22/h1-5,8-13,15-16,25,35H,6-7,14,17-20H2,(H,33,36)/b32-23+/t25-/m0/s1. The fraction of sp³-hybridized carbons (Fsp3) is 0.267. The molecule has 8 nitrogen and oxygen atoms in total. The Morgan fingerprint density at radius 3 is 2.50 bits per heavy atom. The van der Waals surface area contributed by atoms with Gasteiger partial charge in [-0.25, -0.2) is 10.2 Å². The van der Waals surface area contributed by atoms with Crippen molar-refractivity contribution in [3.63, 3.8) is 0 Å². The molecule has 4 aromatic rings. The van der Waals surface area contributed by atoms with Crippen molar-refractivity contribution in [1.82, 2.24) is 15.3 Å². The number of carbonyl (C=O) groups excluding carboxylic acids is 1. The molecule has 0 spiro atoms. The van der Waals surface area contributed by atoms with Crippen molar-refractivity contribution in [2.45, 2.75) is 31.6 Å². The Morgan fingerprint density at radius 2 is 1.74 bits per heavy atom. The summed E-state index contributed by atoms with van der Waals surface area (Å²) in [7, 11) is 0. The molecule has 1 amide bonds. The van der Waals surface area contributed by atoms with Crippen molar-refractivity contribution < 1.29 is 14.3 Å². The Kier molecular flexibility index (Phi) is 7.89. The number of nitrogens with zero attached hydrogens (tertiary/aromatic N) is 3. The number of benzene rings is 2. The van der Waals surface area contributed by atoms with Crippen LogP contribution in [-0.2, 0) is 0 Å². The lowest BCUT2D eigenvalue weighted by molar-refractivity contribution is 0.0954. The second kappa shape index (κ2) is 11.8. The third-order valence-corrected chi connectivity index (χ3v) is 6.98. The van der Waals surface area contributed by atoms with E-state index in [4.69, 9.17) is 4.42 Å². The summed E-state index contributed by atoms with van der Waals surface area (Å²) in [5.41, 5.74) is 4.63. The molecule has 194 valence electrons. The number of carbonyl (C=O) groups is 1. The molecule has 1 atom stereocenters. The van der Waals surface area contributed by atoms with E-state index in [2.05, 4.69) is 20.4 Å². The number of aromatic nitrogens is 1. The minimum atomic E-state index is -0.588. The van der Waals surface area contributed by atoms with Gasteiger partial charge in [-0.05, 0) is 62.2 Å². The number of pyridine rings is 1. The molecule has 1 aliphatic rings. The van der Waals surface area contributed by atoms with Gasteiger partial charge in [-0.3, -0.25) is 9.78 Å². The number of hydrazone groups is 1. The molecule has 1 fully saturated rings. The van der Waals surface area contributed by atoms with Crippen molar-refractivity contribution in [2.24, 2.45) is 5.10 Å². The van der Waals surface area contributed by atoms with Gasteiger partial charge in [0.1, 0.15) is 11.3 Å². The Bertz CT molecular complexity index is 1480. The van der Waals surface area contributed by atoms with Crippen molar-refractivity contribution in [3.05, 3.63) is 106 Å². The molecule has 1 aliphatic heterocycles. The zero-order valence-corrected chi connectivity index (χ0v) is 21.0. The average molecular weight is 511 g/mol. The summed E-state index contributed by atoms with van der Waals surface area (Å²) in [5, 5.41) is 16.3. The van der Waals surface area contributed by atoms with Gasteiger partial charge in [0.15, 0.2) is 0 Å². The maximum atomic E-state index is 13.2. The van der Waals surface area contributed by atoms with Crippen LogP contribution in [0.2, 0.25) is 0 Å². The molecule has 5 rings (SSSR count). The SMILES string of the molecule is O=C(N/N=C(\CCN1CCCC1)C[C@@H](c1ccccc1)c1c(O)c2ccccc2oc1=O)c1ccncc1. The third-order valence-electron chi connectivity index (χ3n) is 6.98. The molecule has 38 heavy (non-hydrogen) atoms. The molecule has 2 aromatic heterocycles. The molecule has 0 bridgehead atoms. The third kappa shape index (κ3) is 5.81. The van der Waals surface area contributed by atoms with Gasteiger partial charge in [-0.1, -0.05) is 42.5 Å².